The first-order valence-corrected chi connectivity index (χ1v) is 8.27. The first-order valence-electron chi connectivity index (χ1n) is 8.27. The highest BCUT2D eigenvalue weighted by atomic mass is 16.2. The number of nitrogens with one attached hydrogen (secondary N) is 1. The fourth-order valence-electron chi connectivity index (χ4n) is 2.75. The summed E-state index contributed by atoms with van der Waals surface area (Å²) in [5.41, 5.74) is 2.14. The lowest BCUT2D eigenvalue weighted by Gasteiger charge is -2.25. The van der Waals surface area contributed by atoms with Crippen molar-refractivity contribution >= 4 is 6.03 Å². The molecule has 2 heterocycles. The summed E-state index contributed by atoms with van der Waals surface area (Å²) in [5.74, 6) is 0. The van der Waals surface area contributed by atoms with Crippen molar-refractivity contribution in [1.82, 2.24) is 20.1 Å². The second kappa shape index (κ2) is 8.13. The van der Waals surface area contributed by atoms with Crippen LogP contribution in [0.25, 0.3) is 0 Å². The van der Waals surface area contributed by atoms with Gasteiger partial charge in [0.1, 0.15) is 0 Å². The molecule has 2 rings (SSSR count). The molecule has 22 heavy (non-hydrogen) atoms. The summed E-state index contributed by atoms with van der Waals surface area (Å²) in [5, 5.41) is 3.02. The molecule has 0 bridgehead atoms. The van der Waals surface area contributed by atoms with Gasteiger partial charge in [0.2, 0.25) is 0 Å². The van der Waals surface area contributed by atoms with E-state index >= 15 is 0 Å². The number of carbonyl (C=O) groups excluding carboxylic acids is 1. The SMILES string of the molecule is CCc1ccc(CN(C)C(=O)NC[C@H](C)N2CCCC2)nc1. The van der Waals surface area contributed by atoms with Gasteiger partial charge in [0.05, 0.1) is 12.2 Å². The molecule has 122 valence electrons. The number of amides is 2. The van der Waals surface area contributed by atoms with Gasteiger partial charge in [0, 0.05) is 25.8 Å². The van der Waals surface area contributed by atoms with Crippen LogP contribution in [0.2, 0.25) is 0 Å². The number of aromatic nitrogens is 1. The summed E-state index contributed by atoms with van der Waals surface area (Å²) in [7, 11) is 1.81. The van der Waals surface area contributed by atoms with Gasteiger partial charge in [-0.2, -0.15) is 0 Å². The van der Waals surface area contributed by atoms with Crippen molar-refractivity contribution in [1.29, 1.82) is 0 Å². The molecule has 1 aromatic heterocycles. The number of aryl methyl sites for hydroxylation is 1. The zero-order chi connectivity index (χ0) is 15.9. The van der Waals surface area contributed by atoms with Crippen LogP contribution in [0, 0.1) is 0 Å². The molecule has 1 aliphatic rings. The third-order valence-corrected chi connectivity index (χ3v) is 4.35. The maximum atomic E-state index is 12.2. The molecule has 1 saturated heterocycles. The predicted molar refractivity (Wildman–Crippen MR) is 88.7 cm³/mol. The molecule has 0 spiro atoms. The van der Waals surface area contributed by atoms with E-state index in [0.717, 1.165) is 25.2 Å². The van der Waals surface area contributed by atoms with E-state index in [2.05, 4.69) is 35.1 Å². The lowest BCUT2D eigenvalue weighted by atomic mass is 10.2. The maximum Gasteiger partial charge on any atom is 0.317 e. The highest BCUT2D eigenvalue weighted by molar-refractivity contribution is 5.73. The van der Waals surface area contributed by atoms with Gasteiger partial charge in [0.15, 0.2) is 0 Å². The Kier molecular flexibility index (Phi) is 6.19. The van der Waals surface area contributed by atoms with Gasteiger partial charge in [-0.05, 0) is 50.9 Å². The van der Waals surface area contributed by atoms with E-state index in [1.54, 1.807) is 4.90 Å². The number of likely N-dealkylation sites (tertiary alicyclic amines) is 1. The Morgan fingerprint density at radius 3 is 2.73 bits per heavy atom. The van der Waals surface area contributed by atoms with Crippen LogP contribution in [0.3, 0.4) is 0 Å². The molecule has 0 unspecified atom stereocenters. The highest BCUT2D eigenvalue weighted by Crippen LogP contribution is 2.11. The number of rotatable bonds is 6. The topological polar surface area (TPSA) is 48.5 Å². The normalized spacial score (nSPS) is 16.5. The van der Waals surface area contributed by atoms with E-state index in [1.807, 2.05) is 19.3 Å². The largest absolute Gasteiger partial charge is 0.336 e. The van der Waals surface area contributed by atoms with Crippen LogP contribution in [0.4, 0.5) is 4.79 Å². The quantitative estimate of drug-likeness (QED) is 0.877. The zero-order valence-electron chi connectivity index (χ0n) is 14.0. The minimum Gasteiger partial charge on any atom is -0.336 e. The summed E-state index contributed by atoms with van der Waals surface area (Å²) >= 11 is 0. The fourth-order valence-corrected chi connectivity index (χ4v) is 2.75. The van der Waals surface area contributed by atoms with Crippen LogP contribution in [0.5, 0.6) is 0 Å². The van der Waals surface area contributed by atoms with Gasteiger partial charge < -0.3 is 10.2 Å². The molecular weight excluding hydrogens is 276 g/mol. The molecule has 5 heteroatoms. The average Bonchev–Trinajstić information content (AvgIpc) is 3.07. The van der Waals surface area contributed by atoms with Crippen molar-refractivity contribution in [3.63, 3.8) is 0 Å². The third kappa shape index (κ3) is 4.70. The summed E-state index contributed by atoms with van der Waals surface area (Å²) in [6.45, 7) is 7.83. The van der Waals surface area contributed by atoms with E-state index in [0.29, 0.717) is 19.1 Å². The van der Waals surface area contributed by atoms with E-state index in [-0.39, 0.29) is 6.03 Å². The van der Waals surface area contributed by atoms with Crippen molar-refractivity contribution < 1.29 is 4.79 Å². The van der Waals surface area contributed by atoms with Gasteiger partial charge >= 0.3 is 6.03 Å². The van der Waals surface area contributed by atoms with Crippen molar-refractivity contribution in [2.75, 3.05) is 26.7 Å². The van der Waals surface area contributed by atoms with E-state index in [4.69, 9.17) is 0 Å². The van der Waals surface area contributed by atoms with Gasteiger partial charge in [-0.3, -0.25) is 9.88 Å². The Labute approximate surface area is 133 Å². The molecule has 0 aliphatic carbocycles. The van der Waals surface area contributed by atoms with Crippen molar-refractivity contribution in [2.24, 2.45) is 0 Å². The number of carbonyl (C=O) groups is 1. The van der Waals surface area contributed by atoms with Crippen LogP contribution in [-0.2, 0) is 13.0 Å². The van der Waals surface area contributed by atoms with Gasteiger partial charge in [-0.1, -0.05) is 13.0 Å². The minimum absolute atomic E-state index is 0.0348. The Balaban J connectivity index is 1.75. The van der Waals surface area contributed by atoms with E-state index < -0.39 is 0 Å². The van der Waals surface area contributed by atoms with Crippen molar-refractivity contribution in [3.05, 3.63) is 29.6 Å². The zero-order valence-corrected chi connectivity index (χ0v) is 14.0. The number of pyridine rings is 1. The molecule has 1 aromatic rings. The maximum absolute atomic E-state index is 12.2. The Hall–Kier alpha value is -1.62. The molecule has 0 radical (unpaired) electrons. The number of urea groups is 1. The molecule has 1 N–H and O–H groups in total. The fraction of sp³-hybridized carbons (Fsp3) is 0.647. The van der Waals surface area contributed by atoms with E-state index in [9.17, 15) is 4.79 Å². The summed E-state index contributed by atoms with van der Waals surface area (Å²) in [6.07, 6.45) is 5.42. The second-order valence-electron chi connectivity index (χ2n) is 6.15. The molecule has 2 amide bonds. The van der Waals surface area contributed by atoms with Crippen molar-refractivity contribution in [3.8, 4) is 0 Å². The molecule has 0 saturated carbocycles. The third-order valence-electron chi connectivity index (χ3n) is 4.35. The molecule has 0 aromatic carbocycles. The molecule has 5 nitrogen and oxygen atoms in total. The Morgan fingerprint density at radius 2 is 2.14 bits per heavy atom. The molecular formula is C17H28N4O. The number of nitrogens with zero attached hydrogens (tertiary/aromatic N) is 3. The minimum atomic E-state index is -0.0348. The summed E-state index contributed by atoms with van der Waals surface area (Å²) < 4.78 is 0. The van der Waals surface area contributed by atoms with Crippen LogP contribution in [-0.4, -0.2) is 53.5 Å². The van der Waals surface area contributed by atoms with Crippen LogP contribution in [0.15, 0.2) is 18.3 Å². The van der Waals surface area contributed by atoms with Crippen LogP contribution in [0.1, 0.15) is 37.9 Å². The average molecular weight is 304 g/mol. The van der Waals surface area contributed by atoms with Gasteiger partial charge in [-0.15, -0.1) is 0 Å². The van der Waals surface area contributed by atoms with Crippen LogP contribution >= 0.6 is 0 Å². The lowest BCUT2D eigenvalue weighted by molar-refractivity contribution is 0.197. The number of hydrogen-bond acceptors (Lipinski definition) is 3. The van der Waals surface area contributed by atoms with Gasteiger partial charge in [0.25, 0.3) is 0 Å². The monoisotopic (exact) mass is 304 g/mol. The Morgan fingerprint density at radius 1 is 1.41 bits per heavy atom. The van der Waals surface area contributed by atoms with Crippen LogP contribution < -0.4 is 5.32 Å². The highest BCUT2D eigenvalue weighted by Gasteiger charge is 2.19. The summed E-state index contributed by atoms with van der Waals surface area (Å²) in [4.78, 5) is 20.7. The van der Waals surface area contributed by atoms with Gasteiger partial charge in [-0.25, -0.2) is 4.79 Å². The van der Waals surface area contributed by atoms with E-state index in [1.165, 1.54) is 18.4 Å². The smallest absolute Gasteiger partial charge is 0.317 e. The molecule has 1 fully saturated rings. The first-order chi connectivity index (χ1) is 10.6. The molecule has 1 aliphatic heterocycles. The Bertz CT molecular complexity index is 468. The molecule has 1 atom stereocenters. The van der Waals surface area contributed by atoms with Crippen molar-refractivity contribution in [2.45, 2.75) is 45.7 Å². The number of hydrogen-bond donors (Lipinski definition) is 1. The second-order valence-corrected chi connectivity index (χ2v) is 6.15. The standard InChI is InChI=1S/C17H28N4O/c1-4-15-7-8-16(18-12-15)13-20(3)17(22)19-11-14(2)21-9-5-6-10-21/h7-8,12,14H,4-6,9-11,13H2,1-3H3,(H,19,22)/t14-/m0/s1. The lowest BCUT2D eigenvalue weighted by Crippen LogP contribution is -2.44. The first kappa shape index (κ1) is 16.7. The summed E-state index contributed by atoms with van der Waals surface area (Å²) in [6, 6.07) is 4.44. The predicted octanol–water partition coefficient (Wildman–Crippen LogP) is 2.27.